The van der Waals surface area contributed by atoms with Crippen LogP contribution in [0.25, 0.3) is 0 Å². The smallest absolute Gasteiger partial charge is 0.0759 e. The monoisotopic (exact) mass is 270 g/mol. The molecule has 0 radical (unpaired) electrons. The summed E-state index contributed by atoms with van der Waals surface area (Å²) in [6.45, 7) is 9.61. The highest BCUT2D eigenvalue weighted by molar-refractivity contribution is 7.80. The SMILES string of the molecule is CN1CCN(CCN2CCC(C(N)=S)CC2)CC1. The number of likely N-dealkylation sites (tertiary alicyclic amines) is 1. The van der Waals surface area contributed by atoms with E-state index in [-0.39, 0.29) is 0 Å². The molecule has 2 rings (SSSR count). The summed E-state index contributed by atoms with van der Waals surface area (Å²) in [5.41, 5.74) is 5.72. The van der Waals surface area contributed by atoms with Crippen LogP contribution in [0.4, 0.5) is 0 Å². The van der Waals surface area contributed by atoms with Gasteiger partial charge in [0.15, 0.2) is 0 Å². The van der Waals surface area contributed by atoms with Gasteiger partial charge in [0.25, 0.3) is 0 Å². The fourth-order valence-electron chi connectivity index (χ4n) is 2.80. The summed E-state index contributed by atoms with van der Waals surface area (Å²) in [5, 5.41) is 0. The molecule has 0 spiro atoms. The third kappa shape index (κ3) is 4.16. The molecule has 5 heteroatoms. The normalized spacial score (nSPS) is 25.4. The van der Waals surface area contributed by atoms with Crippen LogP contribution in [0.1, 0.15) is 12.8 Å². The van der Waals surface area contributed by atoms with Gasteiger partial charge in [-0.2, -0.15) is 0 Å². The molecule has 0 bridgehead atoms. The second-order valence-corrected chi connectivity index (χ2v) is 6.13. The lowest BCUT2D eigenvalue weighted by Crippen LogP contribution is -2.48. The summed E-state index contributed by atoms with van der Waals surface area (Å²) < 4.78 is 0. The molecule has 2 N–H and O–H groups in total. The van der Waals surface area contributed by atoms with Crippen LogP contribution in [0, 0.1) is 5.92 Å². The van der Waals surface area contributed by atoms with Crippen molar-refractivity contribution in [1.82, 2.24) is 14.7 Å². The quantitative estimate of drug-likeness (QED) is 0.740. The van der Waals surface area contributed by atoms with Gasteiger partial charge in [0, 0.05) is 45.2 Å². The standard InChI is InChI=1S/C13H26N4S/c1-15-6-8-17(9-7-15)11-10-16-4-2-12(3-5-16)13(14)18/h12H,2-11H2,1H3,(H2,14,18). The first-order valence-corrected chi connectivity index (χ1v) is 7.48. The topological polar surface area (TPSA) is 35.7 Å². The highest BCUT2D eigenvalue weighted by Crippen LogP contribution is 2.17. The van der Waals surface area contributed by atoms with Crippen LogP contribution in [0.2, 0.25) is 0 Å². The van der Waals surface area contributed by atoms with E-state index in [0.717, 1.165) is 25.9 Å². The third-order valence-electron chi connectivity index (χ3n) is 4.32. The van der Waals surface area contributed by atoms with E-state index in [4.69, 9.17) is 18.0 Å². The van der Waals surface area contributed by atoms with Crippen LogP contribution in [0.15, 0.2) is 0 Å². The van der Waals surface area contributed by atoms with Gasteiger partial charge in [-0.1, -0.05) is 12.2 Å². The van der Waals surface area contributed by atoms with Crippen molar-refractivity contribution in [2.75, 3.05) is 59.4 Å². The van der Waals surface area contributed by atoms with E-state index >= 15 is 0 Å². The number of nitrogens with zero attached hydrogens (tertiary/aromatic N) is 3. The Balaban J connectivity index is 1.62. The fraction of sp³-hybridized carbons (Fsp3) is 0.923. The van der Waals surface area contributed by atoms with Crippen LogP contribution in [-0.4, -0.2) is 79.1 Å². The van der Waals surface area contributed by atoms with Gasteiger partial charge < -0.3 is 15.5 Å². The molecule has 0 atom stereocenters. The minimum Gasteiger partial charge on any atom is -0.393 e. The molecule has 18 heavy (non-hydrogen) atoms. The van der Waals surface area contributed by atoms with E-state index in [0.29, 0.717) is 10.9 Å². The molecule has 104 valence electrons. The molecule has 0 aromatic carbocycles. The van der Waals surface area contributed by atoms with Crippen LogP contribution >= 0.6 is 12.2 Å². The summed E-state index contributed by atoms with van der Waals surface area (Å²) in [4.78, 5) is 8.27. The zero-order valence-electron chi connectivity index (χ0n) is 11.5. The molecular formula is C13H26N4S. The first-order chi connectivity index (χ1) is 8.65. The molecule has 2 saturated heterocycles. The van der Waals surface area contributed by atoms with Crippen molar-refractivity contribution in [3.05, 3.63) is 0 Å². The van der Waals surface area contributed by atoms with Crippen molar-refractivity contribution in [2.24, 2.45) is 11.7 Å². The Morgan fingerprint density at radius 1 is 1.00 bits per heavy atom. The number of rotatable bonds is 4. The van der Waals surface area contributed by atoms with Gasteiger partial charge in [-0.3, -0.25) is 4.90 Å². The molecule has 0 unspecified atom stereocenters. The van der Waals surface area contributed by atoms with Gasteiger partial charge in [-0.15, -0.1) is 0 Å². The zero-order valence-corrected chi connectivity index (χ0v) is 12.3. The van der Waals surface area contributed by atoms with Crippen molar-refractivity contribution in [1.29, 1.82) is 0 Å². The van der Waals surface area contributed by atoms with Crippen molar-refractivity contribution < 1.29 is 0 Å². The van der Waals surface area contributed by atoms with Crippen molar-refractivity contribution in [2.45, 2.75) is 12.8 Å². The van der Waals surface area contributed by atoms with Crippen LogP contribution in [0.3, 0.4) is 0 Å². The molecule has 0 aromatic heterocycles. The number of piperazine rings is 1. The molecule has 2 aliphatic rings. The first kappa shape index (κ1) is 14.2. The van der Waals surface area contributed by atoms with Crippen molar-refractivity contribution >= 4 is 17.2 Å². The van der Waals surface area contributed by atoms with E-state index in [2.05, 4.69) is 21.7 Å². The maximum Gasteiger partial charge on any atom is 0.0759 e. The predicted molar refractivity (Wildman–Crippen MR) is 79.9 cm³/mol. The molecule has 0 amide bonds. The van der Waals surface area contributed by atoms with Crippen LogP contribution in [-0.2, 0) is 0 Å². The Kier molecular flexibility index (Phi) is 5.36. The largest absolute Gasteiger partial charge is 0.393 e. The second kappa shape index (κ2) is 6.80. The number of hydrogen-bond acceptors (Lipinski definition) is 4. The highest BCUT2D eigenvalue weighted by atomic mass is 32.1. The average Bonchev–Trinajstić information content (AvgIpc) is 2.38. The highest BCUT2D eigenvalue weighted by Gasteiger charge is 2.21. The Morgan fingerprint density at radius 2 is 1.50 bits per heavy atom. The lowest BCUT2D eigenvalue weighted by atomic mass is 9.97. The van der Waals surface area contributed by atoms with Gasteiger partial charge in [0.2, 0.25) is 0 Å². The van der Waals surface area contributed by atoms with Crippen LogP contribution < -0.4 is 5.73 Å². The molecular weight excluding hydrogens is 244 g/mol. The molecule has 4 nitrogen and oxygen atoms in total. The van der Waals surface area contributed by atoms with Gasteiger partial charge in [0.05, 0.1) is 4.99 Å². The molecule has 0 aliphatic carbocycles. The second-order valence-electron chi connectivity index (χ2n) is 5.66. The number of piperidine rings is 1. The minimum atomic E-state index is 0.486. The molecule has 2 fully saturated rings. The van der Waals surface area contributed by atoms with Crippen molar-refractivity contribution in [3.63, 3.8) is 0 Å². The fourth-order valence-corrected chi connectivity index (χ4v) is 3.03. The minimum absolute atomic E-state index is 0.486. The average molecular weight is 270 g/mol. The third-order valence-corrected chi connectivity index (χ3v) is 4.65. The summed E-state index contributed by atoms with van der Waals surface area (Å²) >= 11 is 5.08. The molecule has 2 heterocycles. The maximum atomic E-state index is 5.72. The Labute approximate surface area is 116 Å². The van der Waals surface area contributed by atoms with E-state index in [1.807, 2.05) is 0 Å². The summed E-state index contributed by atoms with van der Waals surface area (Å²) in [6.07, 6.45) is 2.30. The lowest BCUT2D eigenvalue weighted by molar-refractivity contribution is 0.125. The first-order valence-electron chi connectivity index (χ1n) is 7.08. The van der Waals surface area contributed by atoms with Gasteiger partial charge in [-0.05, 0) is 33.0 Å². The van der Waals surface area contributed by atoms with Crippen molar-refractivity contribution in [3.8, 4) is 0 Å². The summed E-state index contributed by atoms with van der Waals surface area (Å²) in [5.74, 6) is 0.486. The summed E-state index contributed by atoms with van der Waals surface area (Å²) in [7, 11) is 2.21. The van der Waals surface area contributed by atoms with Crippen LogP contribution in [0.5, 0.6) is 0 Å². The Hall–Kier alpha value is -0.230. The van der Waals surface area contributed by atoms with Gasteiger partial charge in [-0.25, -0.2) is 0 Å². The predicted octanol–water partition coefficient (Wildman–Crippen LogP) is 0.232. The number of hydrogen-bond donors (Lipinski definition) is 1. The number of nitrogens with two attached hydrogens (primary N) is 1. The van der Waals surface area contributed by atoms with E-state index in [9.17, 15) is 0 Å². The molecule has 2 aliphatic heterocycles. The Morgan fingerprint density at radius 3 is 2.00 bits per heavy atom. The Bertz CT molecular complexity index is 268. The van der Waals surface area contributed by atoms with Gasteiger partial charge in [0.1, 0.15) is 0 Å². The number of thiocarbonyl (C=S) groups is 1. The lowest BCUT2D eigenvalue weighted by Gasteiger charge is -2.36. The summed E-state index contributed by atoms with van der Waals surface area (Å²) in [6, 6.07) is 0. The van der Waals surface area contributed by atoms with E-state index in [1.54, 1.807) is 0 Å². The van der Waals surface area contributed by atoms with E-state index in [1.165, 1.54) is 39.3 Å². The maximum absolute atomic E-state index is 5.72. The molecule has 0 saturated carbocycles. The zero-order chi connectivity index (χ0) is 13.0. The molecule has 0 aromatic rings. The van der Waals surface area contributed by atoms with E-state index < -0.39 is 0 Å². The van der Waals surface area contributed by atoms with Gasteiger partial charge >= 0.3 is 0 Å². The number of likely N-dealkylation sites (N-methyl/N-ethyl adjacent to an activating group) is 1.